The van der Waals surface area contributed by atoms with Crippen LogP contribution in [0.1, 0.15) is 19.3 Å². The zero-order chi connectivity index (χ0) is 9.97. The van der Waals surface area contributed by atoms with Crippen molar-refractivity contribution in [1.82, 2.24) is 4.98 Å². The van der Waals surface area contributed by atoms with E-state index in [4.69, 9.17) is 5.11 Å². The lowest BCUT2D eigenvalue weighted by molar-refractivity contribution is 0.222. The lowest BCUT2D eigenvalue weighted by Gasteiger charge is -2.17. The fraction of sp³-hybridized carbons (Fsp3) is 0.667. The van der Waals surface area contributed by atoms with E-state index in [0.717, 1.165) is 22.6 Å². The number of hydrogen-bond donors (Lipinski definition) is 2. The smallest absolute Gasteiger partial charge is 0.183 e. The van der Waals surface area contributed by atoms with Gasteiger partial charge in [0, 0.05) is 23.9 Å². The molecule has 2 unspecified atom stereocenters. The summed E-state index contributed by atoms with van der Waals surface area (Å²) in [5.41, 5.74) is 0. The molecular weight excluding hydrogens is 264 g/mol. The highest BCUT2D eigenvalue weighted by molar-refractivity contribution is 9.10. The average molecular weight is 277 g/mol. The van der Waals surface area contributed by atoms with E-state index in [1.165, 1.54) is 6.42 Å². The molecule has 2 rings (SSSR count). The zero-order valence-corrected chi connectivity index (χ0v) is 10.1. The summed E-state index contributed by atoms with van der Waals surface area (Å²) >= 11 is 4.92. The number of rotatable bonds is 3. The molecule has 1 heterocycles. The summed E-state index contributed by atoms with van der Waals surface area (Å²) in [4.78, 5) is 4.29. The summed E-state index contributed by atoms with van der Waals surface area (Å²) < 4.78 is 0.878. The molecule has 3 nitrogen and oxygen atoms in total. The van der Waals surface area contributed by atoms with Gasteiger partial charge in [-0.2, -0.15) is 0 Å². The minimum Gasteiger partial charge on any atom is -0.396 e. The van der Waals surface area contributed by atoms with Crippen molar-refractivity contribution in [3.8, 4) is 0 Å². The highest BCUT2D eigenvalue weighted by atomic mass is 79.9. The van der Waals surface area contributed by atoms with E-state index < -0.39 is 0 Å². The van der Waals surface area contributed by atoms with Gasteiger partial charge in [-0.25, -0.2) is 4.98 Å². The van der Waals surface area contributed by atoms with Gasteiger partial charge in [0.2, 0.25) is 0 Å². The number of anilines is 1. The third kappa shape index (κ3) is 2.27. The number of aromatic nitrogens is 1. The van der Waals surface area contributed by atoms with E-state index in [2.05, 4.69) is 26.2 Å². The Kier molecular flexibility index (Phi) is 3.41. The van der Waals surface area contributed by atoms with Gasteiger partial charge in [0.15, 0.2) is 5.13 Å². The number of aliphatic hydroxyl groups is 1. The van der Waals surface area contributed by atoms with Crippen molar-refractivity contribution in [2.24, 2.45) is 5.92 Å². The Morgan fingerprint density at radius 2 is 2.50 bits per heavy atom. The van der Waals surface area contributed by atoms with E-state index in [9.17, 15) is 0 Å². The molecule has 0 saturated heterocycles. The first-order chi connectivity index (χ1) is 6.79. The van der Waals surface area contributed by atoms with Crippen LogP contribution in [-0.4, -0.2) is 22.7 Å². The molecule has 0 bridgehead atoms. The minimum atomic E-state index is 0.282. The topological polar surface area (TPSA) is 45.1 Å². The standard InChI is InChI=1S/C9H13BrN2OS/c10-8-5-14-9(12-8)11-7-3-1-2-6(7)4-13/h5-7,13H,1-4H2,(H,11,12). The molecule has 0 spiro atoms. The molecule has 1 aliphatic rings. The van der Waals surface area contributed by atoms with Crippen molar-refractivity contribution in [2.45, 2.75) is 25.3 Å². The van der Waals surface area contributed by atoms with E-state index in [1.807, 2.05) is 5.38 Å². The third-order valence-electron chi connectivity index (χ3n) is 2.68. The monoisotopic (exact) mass is 276 g/mol. The quantitative estimate of drug-likeness (QED) is 0.892. The highest BCUT2D eigenvalue weighted by Crippen LogP contribution is 2.29. The summed E-state index contributed by atoms with van der Waals surface area (Å²) in [5.74, 6) is 0.401. The third-order valence-corrected chi connectivity index (χ3v) is 4.16. The van der Waals surface area contributed by atoms with Crippen LogP contribution in [0.4, 0.5) is 5.13 Å². The van der Waals surface area contributed by atoms with Crippen molar-refractivity contribution in [3.63, 3.8) is 0 Å². The maximum Gasteiger partial charge on any atom is 0.183 e. The lowest BCUT2D eigenvalue weighted by atomic mass is 10.1. The molecule has 14 heavy (non-hydrogen) atoms. The highest BCUT2D eigenvalue weighted by Gasteiger charge is 2.26. The summed E-state index contributed by atoms with van der Waals surface area (Å²) in [6.07, 6.45) is 3.47. The van der Waals surface area contributed by atoms with Crippen LogP contribution in [0.15, 0.2) is 9.98 Å². The Morgan fingerprint density at radius 1 is 1.64 bits per heavy atom. The van der Waals surface area contributed by atoms with Gasteiger partial charge in [-0.3, -0.25) is 0 Å². The van der Waals surface area contributed by atoms with E-state index in [0.29, 0.717) is 12.0 Å². The Morgan fingerprint density at radius 3 is 3.14 bits per heavy atom. The van der Waals surface area contributed by atoms with Gasteiger partial charge in [-0.15, -0.1) is 11.3 Å². The first-order valence-corrected chi connectivity index (χ1v) is 6.45. The predicted octanol–water partition coefficient (Wildman–Crippen LogP) is 2.48. The lowest BCUT2D eigenvalue weighted by Crippen LogP contribution is -2.26. The molecule has 78 valence electrons. The molecule has 1 aromatic rings. The normalized spacial score (nSPS) is 26.7. The summed E-state index contributed by atoms with van der Waals surface area (Å²) in [7, 11) is 0. The maximum atomic E-state index is 9.15. The van der Waals surface area contributed by atoms with Crippen LogP contribution in [0.25, 0.3) is 0 Å². The van der Waals surface area contributed by atoms with Crippen molar-refractivity contribution >= 4 is 32.4 Å². The van der Waals surface area contributed by atoms with Gasteiger partial charge < -0.3 is 10.4 Å². The Labute approximate surface area is 95.7 Å². The van der Waals surface area contributed by atoms with Crippen LogP contribution in [0.2, 0.25) is 0 Å². The van der Waals surface area contributed by atoms with Crippen molar-refractivity contribution in [2.75, 3.05) is 11.9 Å². The minimum absolute atomic E-state index is 0.282. The Hall–Kier alpha value is -0.130. The second-order valence-electron chi connectivity index (χ2n) is 3.60. The number of nitrogens with zero attached hydrogens (tertiary/aromatic N) is 1. The number of hydrogen-bond acceptors (Lipinski definition) is 4. The average Bonchev–Trinajstić information content (AvgIpc) is 2.76. The zero-order valence-electron chi connectivity index (χ0n) is 7.74. The van der Waals surface area contributed by atoms with Gasteiger partial charge in [0.25, 0.3) is 0 Å². The molecule has 1 aliphatic carbocycles. The van der Waals surface area contributed by atoms with Gasteiger partial charge >= 0.3 is 0 Å². The van der Waals surface area contributed by atoms with Crippen molar-refractivity contribution < 1.29 is 5.11 Å². The van der Waals surface area contributed by atoms with E-state index in [-0.39, 0.29) is 6.61 Å². The first-order valence-electron chi connectivity index (χ1n) is 4.78. The second kappa shape index (κ2) is 4.59. The number of halogens is 1. The van der Waals surface area contributed by atoms with Crippen molar-refractivity contribution in [1.29, 1.82) is 0 Å². The summed E-state index contributed by atoms with van der Waals surface area (Å²) in [6.45, 7) is 0.282. The predicted molar refractivity (Wildman–Crippen MR) is 61.7 cm³/mol. The first kappa shape index (κ1) is 10.4. The number of nitrogens with one attached hydrogen (secondary N) is 1. The number of thiazole rings is 1. The molecule has 2 N–H and O–H groups in total. The van der Waals surface area contributed by atoms with Crippen molar-refractivity contribution in [3.05, 3.63) is 9.98 Å². The largest absolute Gasteiger partial charge is 0.396 e. The van der Waals surface area contributed by atoms with Crippen LogP contribution in [0, 0.1) is 5.92 Å². The fourth-order valence-electron chi connectivity index (χ4n) is 1.92. The molecule has 1 saturated carbocycles. The van der Waals surface area contributed by atoms with Gasteiger partial charge in [0.1, 0.15) is 4.60 Å². The SMILES string of the molecule is OCC1CCCC1Nc1nc(Br)cs1. The molecule has 2 atom stereocenters. The Bertz CT molecular complexity index is 305. The van der Waals surface area contributed by atoms with E-state index in [1.54, 1.807) is 11.3 Å². The molecular formula is C9H13BrN2OS. The molecule has 1 fully saturated rings. The van der Waals surface area contributed by atoms with Gasteiger partial charge in [0.05, 0.1) is 0 Å². The van der Waals surface area contributed by atoms with Gasteiger partial charge in [-0.1, -0.05) is 6.42 Å². The molecule has 0 amide bonds. The molecule has 1 aromatic heterocycles. The van der Waals surface area contributed by atoms with Crippen LogP contribution < -0.4 is 5.32 Å². The van der Waals surface area contributed by atoms with Crippen LogP contribution in [0.5, 0.6) is 0 Å². The molecule has 0 radical (unpaired) electrons. The van der Waals surface area contributed by atoms with Crippen LogP contribution >= 0.6 is 27.3 Å². The molecule has 0 aromatic carbocycles. The number of aliphatic hydroxyl groups excluding tert-OH is 1. The second-order valence-corrected chi connectivity index (χ2v) is 5.27. The van der Waals surface area contributed by atoms with Crippen LogP contribution in [-0.2, 0) is 0 Å². The van der Waals surface area contributed by atoms with Gasteiger partial charge in [-0.05, 0) is 28.8 Å². The summed E-state index contributed by atoms with van der Waals surface area (Å²) in [5, 5.41) is 15.4. The fourth-order valence-corrected chi connectivity index (χ4v) is 3.13. The molecule has 0 aliphatic heterocycles. The Balaban J connectivity index is 1.96. The van der Waals surface area contributed by atoms with Crippen LogP contribution in [0.3, 0.4) is 0 Å². The molecule has 5 heteroatoms. The maximum absolute atomic E-state index is 9.15. The van der Waals surface area contributed by atoms with E-state index >= 15 is 0 Å². The summed E-state index contributed by atoms with van der Waals surface area (Å²) in [6, 6.07) is 0.401.